The van der Waals surface area contributed by atoms with Crippen molar-refractivity contribution in [3.8, 4) is 0 Å². The highest BCUT2D eigenvalue weighted by Crippen LogP contribution is 2.46. The van der Waals surface area contributed by atoms with E-state index in [-0.39, 0.29) is 16.9 Å². The topological polar surface area (TPSA) is 76.2 Å². The van der Waals surface area contributed by atoms with Crippen LogP contribution in [0.3, 0.4) is 0 Å². The van der Waals surface area contributed by atoms with Gasteiger partial charge in [0, 0.05) is 37.2 Å². The fourth-order valence-corrected chi connectivity index (χ4v) is 3.09. The van der Waals surface area contributed by atoms with Gasteiger partial charge in [-0.05, 0) is 12.3 Å². The summed E-state index contributed by atoms with van der Waals surface area (Å²) in [5.74, 6) is 1.34. The lowest BCUT2D eigenvalue weighted by Gasteiger charge is -2.18. The Balaban J connectivity index is 1.59. The van der Waals surface area contributed by atoms with Crippen molar-refractivity contribution < 1.29 is 4.79 Å². The molecular weight excluding hydrogens is 266 g/mol. The number of fused-ring (bicyclic) bond motifs is 1. The molecule has 0 spiro atoms. The summed E-state index contributed by atoms with van der Waals surface area (Å²) in [6.45, 7) is 8.52. The summed E-state index contributed by atoms with van der Waals surface area (Å²) < 4.78 is 1.73. The maximum absolute atomic E-state index is 12.2. The van der Waals surface area contributed by atoms with E-state index in [0.717, 1.165) is 31.0 Å². The number of aryl methyl sites for hydroxylation is 1. The summed E-state index contributed by atoms with van der Waals surface area (Å²) in [6.07, 6.45) is 1.11. The lowest BCUT2D eigenvalue weighted by atomic mass is 9.92. The first-order valence-electron chi connectivity index (χ1n) is 7.53. The predicted molar refractivity (Wildman–Crippen MR) is 82.0 cm³/mol. The number of hydrogen-bond acceptors (Lipinski definition) is 4. The van der Waals surface area contributed by atoms with Gasteiger partial charge in [-0.1, -0.05) is 20.8 Å². The minimum Gasteiger partial charge on any atom is -0.324 e. The Morgan fingerprint density at radius 3 is 2.81 bits per heavy atom. The first kappa shape index (κ1) is 14.5. The maximum Gasteiger partial charge on any atom is 0.239 e. The molecule has 1 aliphatic heterocycles. The number of anilines is 1. The molecule has 3 N–H and O–H groups in total. The van der Waals surface area contributed by atoms with Crippen molar-refractivity contribution in [2.45, 2.75) is 38.1 Å². The molecule has 116 valence electrons. The smallest absolute Gasteiger partial charge is 0.239 e. The summed E-state index contributed by atoms with van der Waals surface area (Å²) in [6, 6.07) is 1.95. The number of nitrogens with one attached hydrogen (secondary N) is 1. The molecule has 1 amide bonds. The van der Waals surface area contributed by atoms with Crippen molar-refractivity contribution in [3.63, 3.8) is 0 Å². The molecule has 1 saturated heterocycles. The number of nitrogens with zero attached hydrogens (tertiary/aromatic N) is 3. The Morgan fingerprint density at radius 2 is 2.29 bits per heavy atom. The van der Waals surface area contributed by atoms with Crippen molar-refractivity contribution in [3.05, 3.63) is 11.8 Å². The van der Waals surface area contributed by atoms with Gasteiger partial charge in [0.2, 0.25) is 5.91 Å². The molecule has 1 aromatic rings. The standard InChI is InChI=1S/C15H25N5O/c1-14(2,3)11-5-12(19(4)18-11)17-13(21)8-20-7-10-6-15(10,16)9-20/h5,10H,6-9,16H2,1-4H3,(H,17,21)/t10-,15-/m0/s1. The van der Waals surface area contributed by atoms with E-state index in [1.54, 1.807) is 4.68 Å². The van der Waals surface area contributed by atoms with E-state index >= 15 is 0 Å². The van der Waals surface area contributed by atoms with Gasteiger partial charge in [0.1, 0.15) is 5.82 Å². The molecular formula is C15H25N5O. The molecule has 1 aromatic heterocycles. The SMILES string of the molecule is Cn1nc(C(C)(C)C)cc1NC(=O)CN1C[C@@H]2C[C@]2(N)C1. The molecule has 6 heteroatoms. The Hall–Kier alpha value is -1.40. The molecule has 0 aromatic carbocycles. The molecule has 2 aliphatic rings. The molecule has 21 heavy (non-hydrogen) atoms. The number of nitrogens with two attached hydrogens (primary N) is 1. The minimum absolute atomic E-state index is 0.00311. The van der Waals surface area contributed by atoms with Crippen LogP contribution >= 0.6 is 0 Å². The first-order valence-corrected chi connectivity index (χ1v) is 7.53. The minimum atomic E-state index is -0.0249. The van der Waals surface area contributed by atoms with Crippen molar-refractivity contribution in [2.75, 3.05) is 25.0 Å². The van der Waals surface area contributed by atoms with Gasteiger partial charge in [-0.25, -0.2) is 0 Å². The van der Waals surface area contributed by atoms with Crippen LogP contribution in [0.5, 0.6) is 0 Å². The zero-order valence-electron chi connectivity index (χ0n) is 13.3. The molecule has 2 atom stereocenters. The second kappa shape index (κ2) is 4.55. The van der Waals surface area contributed by atoms with E-state index in [2.05, 4.69) is 36.1 Å². The Labute approximate surface area is 125 Å². The van der Waals surface area contributed by atoms with E-state index in [0.29, 0.717) is 12.5 Å². The van der Waals surface area contributed by atoms with Crippen LogP contribution in [0.4, 0.5) is 5.82 Å². The van der Waals surface area contributed by atoms with Crippen LogP contribution in [-0.2, 0) is 17.3 Å². The van der Waals surface area contributed by atoms with E-state index in [1.165, 1.54) is 0 Å². The molecule has 0 radical (unpaired) electrons. The second-order valence-corrected chi connectivity index (χ2v) is 7.64. The molecule has 2 heterocycles. The number of piperidine rings is 1. The van der Waals surface area contributed by atoms with Crippen molar-refractivity contribution in [1.29, 1.82) is 0 Å². The number of rotatable bonds is 3. The number of amides is 1. The quantitative estimate of drug-likeness (QED) is 0.859. The number of aromatic nitrogens is 2. The maximum atomic E-state index is 12.2. The molecule has 0 unspecified atom stereocenters. The summed E-state index contributed by atoms with van der Waals surface area (Å²) in [5.41, 5.74) is 7.10. The Morgan fingerprint density at radius 1 is 1.57 bits per heavy atom. The van der Waals surface area contributed by atoms with Gasteiger partial charge in [-0.15, -0.1) is 0 Å². The van der Waals surface area contributed by atoms with Gasteiger partial charge < -0.3 is 11.1 Å². The average molecular weight is 291 g/mol. The van der Waals surface area contributed by atoms with Crippen molar-refractivity contribution in [2.24, 2.45) is 18.7 Å². The molecule has 3 rings (SSSR count). The first-order chi connectivity index (χ1) is 9.67. The van der Waals surface area contributed by atoms with Gasteiger partial charge in [-0.3, -0.25) is 14.4 Å². The van der Waals surface area contributed by atoms with Crippen molar-refractivity contribution >= 4 is 11.7 Å². The zero-order valence-corrected chi connectivity index (χ0v) is 13.3. The highest BCUT2D eigenvalue weighted by Gasteiger charge is 2.57. The molecule has 1 saturated carbocycles. The van der Waals surface area contributed by atoms with Gasteiger partial charge in [0.15, 0.2) is 0 Å². The molecule has 1 aliphatic carbocycles. The average Bonchev–Trinajstić information content (AvgIpc) is 2.64. The van der Waals surface area contributed by atoms with Crippen LogP contribution < -0.4 is 11.1 Å². The van der Waals surface area contributed by atoms with E-state index in [4.69, 9.17) is 5.73 Å². The van der Waals surface area contributed by atoms with Crippen LogP contribution in [0.25, 0.3) is 0 Å². The van der Waals surface area contributed by atoms with Gasteiger partial charge in [0.25, 0.3) is 0 Å². The third-order valence-corrected chi connectivity index (χ3v) is 4.56. The predicted octanol–water partition coefficient (Wildman–Crippen LogP) is 0.689. The van der Waals surface area contributed by atoms with Gasteiger partial charge in [0.05, 0.1) is 12.2 Å². The molecule has 0 bridgehead atoms. The monoisotopic (exact) mass is 291 g/mol. The van der Waals surface area contributed by atoms with Crippen LogP contribution in [0.1, 0.15) is 32.9 Å². The molecule has 2 fully saturated rings. The fourth-order valence-electron chi connectivity index (χ4n) is 3.09. The lowest BCUT2D eigenvalue weighted by molar-refractivity contribution is -0.117. The number of hydrogen-bond donors (Lipinski definition) is 2. The van der Waals surface area contributed by atoms with E-state index in [9.17, 15) is 4.79 Å². The van der Waals surface area contributed by atoms with Crippen LogP contribution in [0.2, 0.25) is 0 Å². The van der Waals surface area contributed by atoms with Crippen LogP contribution in [0.15, 0.2) is 6.07 Å². The van der Waals surface area contributed by atoms with Crippen LogP contribution in [0, 0.1) is 5.92 Å². The Bertz CT molecular complexity index is 573. The third kappa shape index (κ3) is 2.82. The number of carbonyl (C=O) groups is 1. The highest BCUT2D eigenvalue weighted by atomic mass is 16.2. The van der Waals surface area contributed by atoms with Crippen LogP contribution in [-0.4, -0.2) is 45.8 Å². The summed E-state index contributed by atoms with van der Waals surface area (Å²) in [4.78, 5) is 14.3. The highest BCUT2D eigenvalue weighted by molar-refractivity contribution is 5.91. The normalized spacial score (nSPS) is 28.5. The van der Waals surface area contributed by atoms with E-state index < -0.39 is 0 Å². The molecule has 6 nitrogen and oxygen atoms in total. The number of likely N-dealkylation sites (tertiary alicyclic amines) is 1. The van der Waals surface area contributed by atoms with E-state index in [1.807, 2.05) is 13.1 Å². The van der Waals surface area contributed by atoms with Gasteiger partial charge >= 0.3 is 0 Å². The second-order valence-electron chi connectivity index (χ2n) is 7.64. The van der Waals surface area contributed by atoms with Crippen molar-refractivity contribution in [1.82, 2.24) is 14.7 Å². The third-order valence-electron chi connectivity index (χ3n) is 4.56. The fraction of sp³-hybridized carbons (Fsp3) is 0.733. The Kier molecular flexibility index (Phi) is 3.15. The number of carbonyl (C=O) groups excluding carboxylic acids is 1. The lowest BCUT2D eigenvalue weighted by Crippen LogP contribution is -2.38. The van der Waals surface area contributed by atoms with Gasteiger partial charge in [-0.2, -0.15) is 5.10 Å². The largest absolute Gasteiger partial charge is 0.324 e. The zero-order chi connectivity index (χ0) is 15.4. The summed E-state index contributed by atoms with van der Waals surface area (Å²) in [7, 11) is 1.85. The summed E-state index contributed by atoms with van der Waals surface area (Å²) in [5, 5.41) is 7.42. The summed E-state index contributed by atoms with van der Waals surface area (Å²) >= 11 is 0.